The minimum Gasteiger partial charge on any atom is -0.263 e. The summed E-state index contributed by atoms with van der Waals surface area (Å²) in [6.45, 7) is 3.88. The predicted octanol–water partition coefficient (Wildman–Crippen LogP) is 2.48. The first-order chi connectivity index (χ1) is 7.20. The maximum atomic E-state index is 13.5. The Kier molecular flexibility index (Phi) is 2.49. The van der Waals surface area contributed by atoms with E-state index in [1.807, 2.05) is 13.8 Å². The first kappa shape index (κ1) is 9.83. The summed E-state index contributed by atoms with van der Waals surface area (Å²) in [5.74, 6) is 0.904. The van der Waals surface area contributed by atoms with Crippen LogP contribution in [0, 0.1) is 12.7 Å². The molecule has 3 nitrogen and oxygen atoms in total. The van der Waals surface area contributed by atoms with Gasteiger partial charge in [-0.05, 0) is 19.1 Å². The number of aromatic amines is 1. The molecule has 0 spiro atoms. The van der Waals surface area contributed by atoms with Crippen LogP contribution < -0.4 is 0 Å². The molecule has 1 heterocycles. The molecule has 1 N–H and O–H groups in total. The molecule has 0 bridgehead atoms. The van der Waals surface area contributed by atoms with Crippen LogP contribution in [-0.2, 0) is 6.42 Å². The summed E-state index contributed by atoms with van der Waals surface area (Å²) < 4.78 is 13.5. The Balaban J connectivity index is 2.48. The third-order valence-corrected chi connectivity index (χ3v) is 2.23. The summed E-state index contributed by atoms with van der Waals surface area (Å²) >= 11 is 0. The first-order valence-electron chi connectivity index (χ1n) is 4.88. The van der Waals surface area contributed by atoms with Crippen LogP contribution in [0.3, 0.4) is 0 Å². The van der Waals surface area contributed by atoms with E-state index in [1.165, 1.54) is 6.07 Å². The zero-order valence-electron chi connectivity index (χ0n) is 8.71. The van der Waals surface area contributed by atoms with E-state index < -0.39 is 0 Å². The highest BCUT2D eigenvalue weighted by Crippen LogP contribution is 2.20. The minimum absolute atomic E-state index is 0.290. The van der Waals surface area contributed by atoms with E-state index in [1.54, 1.807) is 12.1 Å². The van der Waals surface area contributed by atoms with Gasteiger partial charge in [0.1, 0.15) is 11.6 Å². The van der Waals surface area contributed by atoms with Gasteiger partial charge >= 0.3 is 0 Å². The Morgan fingerprint density at radius 1 is 1.40 bits per heavy atom. The van der Waals surface area contributed by atoms with Crippen LogP contribution in [0.1, 0.15) is 18.3 Å². The number of aryl methyl sites for hydroxylation is 2. The summed E-state index contributed by atoms with van der Waals surface area (Å²) in [7, 11) is 0. The normalized spacial score (nSPS) is 10.6. The van der Waals surface area contributed by atoms with Crippen LogP contribution >= 0.6 is 0 Å². The van der Waals surface area contributed by atoms with Gasteiger partial charge in [0.15, 0.2) is 5.82 Å². The Morgan fingerprint density at radius 2 is 2.20 bits per heavy atom. The molecule has 0 fully saturated rings. The maximum absolute atomic E-state index is 13.5. The highest BCUT2D eigenvalue weighted by Gasteiger charge is 2.10. The quantitative estimate of drug-likeness (QED) is 0.818. The third kappa shape index (κ3) is 1.88. The van der Waals surface area contributed by atoms with Gasteiger partial charge in [-0.2, -0.15) is 5.10 Å². The predicted molar refractivity (Wildman–Crippen MR) is 55.9 cm³/mol. The van der Waals surface area contributed by atoms with Crippen molar-refractivity contribution in [1.29, 1.82) is 0 Å². The van der Waals surface area contributed by atoms with Gasteiger partial charge in [-0.1, -0.05) is 18.6 Å². The van der Waals surface area contributed by atoms with Crippen LogP contribution in [0.2, 0.25) is 0 Å². The molecule has 0 radical (unpaired) electrons. The second-order valence-electron chi connectivity index (χ2n) is 3.44. The number of nitrogens with zero attached hydrogens (tertiary/aromatic N) is 2. The molecule has 0 atom stereocenters. The molecule has 1 aromatic heterocycles. The van der Waals surface area contributed by atoms with Crippen molar-refractivity contribution in [3.05, 3.63) is 35.4 Å². The van der Waals surface area contributed by atoms with Gasteiger partial charge < -0.3 is 0 Å². The van der Waals surface area contributed by atoms with Crippen molar-refractivity contribution in [3.63, 3.8) is 0 Å². The topological polar surface area (TPSA) is 41.6 Å². The molecule has 0 aliphatic rings. The molecule has 0 saturated carbocycles. The fraction of sp³-hybridized carbons (Fsp3) is 0.273. The van der Waals surface area contributed by atoms with E-state index >= 15 is 0 Å². The Hall–Kier alpha value is -1.71. The fourth-order valence-corrected chi connectivity index (χ4v) is 1.38. The molecule has 0 aliphatic carbocycles. The zero-order chi connectivity index (χ0) is 10.8. The van der Waals surface area contributed by atoms with Gasteiger partial charge in [-0.25, -0.2) is 9.37 Å². The van der Waals surface area contributed by atoms with Crippen molar-refractivity contribution in [2.45, 2.75) is 20.3 Å². The fourth-order valence-electron chi connectivity index (χ4n) is 1.38. The van der Waals surface area contributed by atoms with E-state index in [9.17, 15) is 4.39 Å². The van der Waals surface area contributed by atoms with E-state index in [4.69, 9.17) is 0 Å². The minimum atomic E-state index is -0.290. The number of H-pyrrole nitrogens is 1. The number of benzene rings is 1. The van der Waals surface area contributed by atoms with Gasteiger partial charge in [-0.3, -0.25) is 5.10 Å². The van der Waals surface area contributed by atoms with E-state index in [-0.39, 0.29) is 5.82 Å². The zero-order valence-corrected chi connectivity index (χ0v) is 8.71. The Morgan fingerprint density at radius 3 is 2.87 bits per heavy atom. The highest BCUT2D eigenvalue weighted by molar-refractivity contribution is 5.56. The number of hydrogen-bond donors (Lipinski definition) is 1. The molecule has 15 heavy (non-hydrogen) atoms. The Bertz CT molecular complexity index is 476. The van der Waals surface area contributed by atoms with Crippen molar-refractivity contribution >= 4 is 0 Å². The van der Waals surface area contributed by atoms with Gasteiger partial charge in [0.05, 0.1) is 5.56 Å². The van der Waals surface area contributed by atoms with Crippen LogP contribution in [0.15, 0.2) is 18.2 Å². The van der Waals surface area contributed by atoms with Crippen LogP contribution in [-0.4, -0.2) is 15.2 Å². The molecule has 0 saturated heterocycles. The molecule has 2 rings (SSSR count). The van der Waals surface area contributed by atoms with E-state index in [0.29, 0.717) is 11.4 Å². The highest BCUT2D eigenvalue weighted by atomic mass is 19.1. The average molecular weight is 205 g/mol. The second-order valence-corrected chi connectivity index (χ2v) is 3.44. The standard InChI is InChI=1S/C11H12FN3/c1-3-10-13-11(15-14-10)8-6-7(2)4-5-9(8)12/h4-6H,3H2,1-2H3,(H,13,14,15). The summed E-state index contributed by atoms with van der Waals surface area (Å²) in [6, 6.07) is 4.91. The van der Waals surface area contributed by atoms with Crippen molar-refractivity contribution in [1.82, 2.24) is 15.2 Å². The number of rotatable bonds is 2. The molecule has 1 aromatic carbocycles. The smallest absolute Gasteiger partial charge is 0.184 e. The maximum Gasteiger partial charge on any atom is 0.184 e. The lowest BCUT2D eigenvalue weighted by atomic mass is 10.1. The lowest BCUT2D eigenvalue weighted by Crippen LogP contribution is -1.88. The van der Waals surface area contributed by atoms with Crippen molar-refractivity contribution in [2.24, 2.45) is 0 Å². The summed E-state index contributed by atoms with van der Waals surface area (Å²) in [5, 5.41) is 6.76. The number of nitrogens with one attached hydrogen (secondary N) is 1. The van der Waals surface area contributed by atoms with Crippen LogP contribution in [0.5, 0.6) is 0 Å². The Labute approximate surface area is 87.4 Å². The molecule has 0 unspecified atom stereocenters. The summed E-state index contributed by atoms with van der Waals surface area (Å²) in [6.07, 6.45) is 0.764. The monoisotopic (exact) mass is 205 g/mol. The van der Waals surface area contributed by atoms with Crippen LogP contribution in [0.4, 0.5) is 4.39 Å². The third-order valence-electron chi connectivity index (χ3n) is 2.23. The van der Waals surface area contributed by atoms with Gasteiger partial charge in [0, 0.05) is 6.42 Å². The summed E-state index contributed by atoms with van der Waals surface area (Å²) in [4.78, 5) is 4.19. The van der Waals surface area contributed by atoms with Gasteiger partial charge in [0.25, 0.3) is 0 Å². The second kappa shape index (κ2) is 3.81. The largest absolute Gasteiger partial charge is 0.263 e. The lowest BCUT2D eigenvalue weighted by Gasteiger charge is -1.99. The van der Waals surface area contributed by atoms with Crippen molar-refractivity contribution in [3.8, 4) is 11.4 Å². The van der Waals surface area contributed by atoms with E-state index in [0.717, 1.165) is 17.8 Å². The molecule has 4 heteroatoms. The number of aromatic nitrogens is 3. The molecule has 0 aliphatic heterocycles. The molecular weight excluding hydrogens is 193 g/mol. The lowest BCUT2D eigenvalue weighted by molar-refractivity contribution is 0.629. The van der Waals surface area contributed by atoms with Crippen molar-refractivity contribution < 1.29 is 4.39 Å². The SMILES string of the molecule is CCc1nc(-c2cc(C)ccc2F)n[nH]1. The van der Waals surface area contributed by atoms with Gasteiger partial charge in [-0.15, -0.1) is 0 Å². The van der Waals surface area contributed by atoms with Gasteiger partial charge in [0.2, 0.25) is 0 Å². The van der Waals surface area contributed by atoms with E-state index in [2.05, 4.69) is 15.2 Å². The molecule has 0 amide bonds. The molecule has 2 aromatic rings. The first-order valence-corrected chi connectivity index (χ1v) is 4.88. The van der Waals surface area contributed by atoms with Crippen LogP contribution in [0.25, 0.3) is 11.4 Å². The number of hydrogen-bond acceptors (Lipinski definition) is 2. The average Bonchev–Trinajstić information content (AvgIpc) is 2.70. The van der Waals surface area contributed by atoms with Crippen molar-refractivity contribution in [2.75, 3.05) is 0 Å². The molecule has 78 valence electrons. The molecular formula is C11H12FN3. The number of halogens is 1. The summed E-state index contributed by atoms with van der Waals surface area (Å²) in [5.41, 5.74) is 1.44.